The first-order valence-corrected chi connectivity index (χ1v) is 7.72. The van der Waals surface area contributed by atoms with Crippen LogP contribution in [0, 0.1) is 0 Å². The van der Waals surface area contributed by atoms with Crippen molar-refractivity contribution in [3.8, 4) is 0 Å². The number of hydrogen-bond donors (Lipinski definition) is 1. The minimum Gasteiger partial charge on any atom is -0.378 e. The molecule has 1 aliphatic rings. The van der Waals surface area contributed by atoms with Crippen molar-refractivity contribution in [1.82, 2.24) is 9.80 Å². The average Bonchev–Trinajstić information content (AvgIpc) is 2.38. The summed E-state index contributed by atoms with van der Waals surface area (Å²) in [6.07, 6.45) is 3.59. The van der Waals surface area contributed by atoms with Gasteiger partial charge in [0.15, 0.2) is 0 Å². The van der Waals surface area contributed by atoms with E-state index in [9.17, 15) is 0 Å². The number of rotatable bonds is 7. The Kier molecular flexibility index (Phi) is 6.74. The zero-order valence-corrected chi connectivity index (χ0v) is 13.5. The summed E-state index contributed by atoms with van der Waals surface area (Å²) in [4.78, 5) is 4.87. The second-order valence-electron chi connectivity index (χ2n) is 6.18. The van der Waals surface area contributed by atoms with E-state index >= 15 is 0 Å². The van der Waals surface area contributed by atoms with E-state index in [0.29, 0.717) is 12.1 Å². The summed E-state index contributed by atoms with van der Waals surface area (Å²) in [5.41, 5.74) is 6.32. The summed E-state index contributed by atoms with van der Waals surface area (Å²) in [7, 11) is 4.27. The van der Waals surface area contributed by atoms with Crippen molar-refractivity contribution >= 4 is 0 Å². The maximum atomic E-state index is 6.19. The Balaban J connectivity index is 2.83. The molecular formula is C15H33N3O. The number of ether oxygens (including phenoxy) is 1. The van der Waals surface area contributed by atoms with E-state index in [0.717, 1.165) is 45.5 Å². The second kappa shape index (κ2) is 7.58. The molecule has 0 spiro atoms. The summed E-state index contributed by atoms with van der Waals surface area (Å²) in [6.45, 7) is 10.5. The molecule has 4 heteroatoms. The number of nitrogens with two attached hydrogens (primary N) is 1. The quantitative estimate of drug-likeness (QED) is 0.763. The lowest BCUT2D eigenvalue weighted by Crippen LogP contribution is -2.62. The predicted octanol–water partition coefficient (Wildman–Crippen LogP) is 1.54. The van der Waals surface area contributed by atoms with Gasteiger partial charge in [0.05, 0.1) is 6.10 Å². The molecule has 1 saturated heterocycles. The van der Waals surface area contributed by atoms with E-state index < -0.39 is 0 Å². The van der Waals surface area contributed by atoms with Crippen molar-refractivity contribution < 1.29 is 4.74 Å². The van der Waals surface area contributed by atoms with Gasteiger partial charge in [-0.15, -0.1) is 0 Å². The van der Waals surface area contributed by atoms with Crippen molar-refractivity contribution in [2.24, 2.45) is 5.73 Å². The third-order valence-corrected chi connectivity index (χ3v) is 4.48. The molecule has 1 heterocycles. The highest BCUT2D eigenvalue weighted by Crippen LogP contribution is 2.32. The molecule has 0 amide bonds. The van der Waals surface area contributed by atoms with Gasteiger partial charge < -0.3 is 15.4 Å². The van der Waals surface area contributed by atoms with Crippen LogP contribution in [0.4, 0.5) is 0 Å². The minimum atomic E-state index is 0.128. The summed E-state index contributed by atoms with van der Waals surface area (Å²) in [5.74, 6) is 0. The van der Waals surface area contributed by atoms with Gasteiger partial charge in [-0.05, 0) is 46.8 Å². The highest BCUT2D eigenvalue weighted by Gasteiger charge is 2.41. The van der Waals surface area contributed by atoms with Gasteiger partial charge in [0.1, 0.15) is 0 Å². The molecule has 0 aromatic rings. The smallest absolute Gasteiger partial charge is 0.0590 e. The first-order valence-electron chi connectivity index (χ1n) is 7.72. The molecule has 4 nitrogen and oxygen atoms in total. The maximum Gasteiger partial charge on any atom is 0.0590 e. The molecule has 1 rings (SSSR count). The SMILES string of the molecule is CCC1CC(CN)(N(CC)C(C)CN(C)C)CCO1. The highest BCUT2D eigenvalue weighted by atomic mass is 16.5. The third kappa shape index (κ3) is 4.15. The molecule has 1 fully saturated rings. The van der Waals surface area contributed by atoms with Crippen molar-refractivity contribution in [2.75, 3.05) is 40.3 Å². The van der Waals surface area contributed by atoms with Crippen LogP contribution in [0.2, 0.25) is 0 Å². The minimum absolute atomic E-state index is 0.128. The van der Waals surface area contributed by atoms with E-state index in [2.05, 4.69) is 44.7 Å². The lowest BCUT2D eigenvalue weighted by atomic mass is 9.83. The summed E-state index contributed by atoms with van der Waals surface area (Å²) >= 11 is 0. The van der Waals surface area contributed by atoms with Gasteiger partial charge in [0, 0.05) is 31.3 Å². The number of likely N-dealkylation sites (N-methyl/N-ethyl adjacent to an activating group) is 2. The molecule has 0 aliphatic carbocycles. The van der Waals surface area contributed by atoms with E-state index in [1.807, 2.05) is 0 Å². The van der Waals surface area contributed by atoms with Gasteiger partial charge >= 0.3 is 0 Å². The molecule has 3 atom stereocenters. The molecule has 19 heavy (non-hydrogen) atoms. The van der Waals surface area contributed by atoms with Gasteiger partial charge in [-0.1, -0.05) is 13.8 Å². The van der Waals surface area contributed by atoms with Crippen LogP contribution in [-0.4, -0.2) is 67.8 Å². The normalized spacial score (nSPS) is 30.0. The van der Waals surface area contributed by atoms with Crippen LogP contribution < -0.4 is 5.73 Å². The Hall–Kier alpha value is -0.160. The first-order chi connectivity index (χ1) is 8.99. The molecule has 0 radical (unpaired) electrons. The standard InChI is InChI=1S/C15H33N3O/c1-6-14-10-15(12-16,8-9-19-14)18(7-2)13(3)11-17(4)5/h13-14H,6-12,16H2,1-5H3. The van der Waals surface area contributed by atoms with Crippen LogP contribution in [0.1, 0.15) is 40.0 Å². The Morgan fingerprint density at radius 1 is 1.37 bits per heavy atom. The van der Waals surface area contributed by atoms with Gasteiger partial charge in [0.2, 0.25) is 0 Å². The Bertz CT molecular complexity index is 260. The largest absolute Gasteiger partial charge is 0.378 e. The molecule has 1 aliphatic heterocycles. The average molecular weight is 271 g/mol. The Labute approximate surface area is 119 Å². The van der Waals surface area contributed by atoms with Gasteiger partial charge in [0.25, 0.3) is 0 Å². The molecule has 0 saturated carbocycles. The number of hydrogen-bond acceptors (Lipinski definition) is 4. The Morgan fingerprint density at radius 2 is 2.05 bits per heavy atom. The third-order valence-electron chi connectivity index (χ3n) is 4.48. The second-order valence-corrected chi connectivity index (χ2v) is 6.18. The molecular weight excluding hydrogens is 238 g/mol. The predicted molar refractivity (Wildman–Crippen MR) is 81.4 cm³/mol. The molecule has 3 unspecified atom stereocenters. The topological polar surface area (TPSA) is 41.7 Å². The highest BCUT2D eigenvalue weighted by molar-refractivity contribution is 4.98. The molecule has 2 N–H and O–H groups in total. The lowest BCUT2D eigenvalue weighted by molar-refractivity contribution is -0.0831. The monoisotopic (exact) mass is 271 g/mol. The zero-order chi connectivity index (χ0) is 14.5. The zero-order valence-electron chi connectivity index (χ0n) is 13.5. The fourth-order valence-electron chi connectivity index (χ4n) is 3.57. The van der Waals surface area contributed by atoms with E-state index in [-0.39, 0.29) is 5.54 Å². The molecule has 0 bridgehead atoms. The fraction of sp³-hybridized carbons (Fsp3) is 1.00. The van der Waals surface area contributed by atoms with E-state index in [4.69, 9.17) is 10.5 Å². The van der Waals surface area contributed by atoms with Crippen molar-refractivity contribution in [1.29, 1.82) is 0 Å². The number of nitrogens with zero attached hydrogens (tertiary/aromatic N) is 2. The van der Waals surface area contributed by atoms with Crippen LogP contribution >= 0.6 is 0 Å². The van der Waals surface area contributed by atoms with E-state index in [1.165, 1.54) is 0 Å². The van der Waals surface area contributed by atoms with Crippen molar-refractivity contribution in [3.05, 3.63) is 0 Å². The summed E-state index contributed by atoms with van der Waals surface area (Å²) in [5, 5.41) is 0. The summed E-state index contributed by atoms with van der Waals surface area (Å²) < 4.78 is 5.85. The van der Waals surface area contributed by atoms with Crippen LogP contribution in [0.15, 0.2) is 0 Å². The van der Waals surface area contributed by atoms with Crippen molar-refractivity contribution in [2.45, 2.75) is 57.7 Å². The van der Waals surface area contributed by atoms with E-state index in [1.54, 1.807) is 0 Å². The van der Waals surface area contributed by atoms with Crippen LogP contribution in [0.5, 0.6) is 0 Å². The maximum absolute atomic E-state index is 6.19. The van der Waals surface area contributed by atoms with Gasteiger partial charge in [-0.25, -0.2) is 0 Å². The first kappa shape index (κ1) is 16.9. The fourth-order valence-corrected chi connectivity index (χ4v) is 3.57. The van der Waals surface area contributed by atoms with Gasteiger partial charge in [-0.3, -0.25) is 4.90 Å². The molecule has 0 aromatic heterocycles. The van der Waals surface area contributed by atoms with Crippen LogP contribution in [0.3, 0.4) is 0 Å². The molecule has 0 aromatic carbocycles. The van der Waals surface area contributed by atoms with Crippen LogP contribution in [0.25, 0.3) is 0 Å². The molecule has 114 valence electrons. The van der Waals surface area contributed by atoms with Gasteiger partial charge in [-0.2, -0.15) is 0 Å². The summed E-state index contributed by atoms with van der Waals surface area (Å²) in [6, 6.07) is 0.527. The van der Waals surface area contributed by atoms with Crippen LogP contribution in [-0.2, 0) is 4.74 Å². The van der Waals surface area contributed by atoms with Crippen molar-refractivity contribution in [3.63, 3.8) is 0 Å². The lowest BCUT2D eigenvalue weighted by Gasteiger charge is -2.50. The Morgan fingerprint density at radius 3 is 2.53 bits per heavy atom.